The Morgan fingerprint density at radius 2 is 1.97 bits per heavy atom. The number of rotatable bonds is 6. The first kappa shape index (κ1) is 20.7. The van der Waals surface area contributed by atoms with E-state index in [1.54, 1.807) is 46.9 Å². The fourth-order valence-corrected chi connectivity index (χ4v) is 4.15. The highest BCUT2D eigenvalue weighted by Gasteiger charge is 2.32. The molecule has 2 atom stereocenters. The minimum absolute atomic E-state index is 0.108. The summed E-state index contributed by atoms with van der Waals surface area (Å²) in [4.78, 5) is 34.3. The molecule has 0 bridgehead atoms. The highest BCUT2D eigenvalue weighted by molar-refractivity contribution is 6.07. The van der Waals surface area contributed by atoms with Crippen LogP contribution in [0.5, 0.6) is 0 Å². The van der Waals surface area contributed by atoms with Crippen LogP contribution in [0.1, 0.15) is 41.0 Å². The number of aliphatic hydroxyl groups excluding tert-OH is 1. The molecule has 0 saturated carbocycles. The maximum absolute atomic E-state index is 12.7. The zero-order chi connectivity index (χ0) is 22.1. The van der Waals surface area contributed by atoms with Crippen LogP contribution in [0.15, 0.2) is 43.0 Å². The highest BCUT2D eigenvalue weighted by Crippen LogP contribution is 2.36. The number of piperidine rings is 1. The molecule has 162 valence electrons. The van der Waals surface area contributed by atoms with Gasteiger partial charge in [-0.2, -0.15) is 0 Å². The predicted molar refractivity (Wildman–Crippen MR) is 113 cm³/mol. The van der Waals surface area contributed by atoms with E-state index in [1.807, 2.05) is 11.9 Å². The topological polar surface area (TPSA) is 119 Å². The summed E-state index contributed by atoms with van der Waals surface area (Å²) in [6, 6.07) is 4.52. The lowest BCUT2D eigenvalue weighted by molar-refractivity contribution is -0.384. The molecule has 10 nitrogen and oxygen atoms in total. The first-order valence-electron chi connectivity index (χ1n) is 10.1. The minimum Gasteiger partial charge on any atom is -0.385 e. The monoisotopic (exact) mass is 424 g/mol. The van der Waals surface area contributed by atoms with Crippen molar-refractivity contribution >= 4 is 17.2 Å². The van der Waals surface area contributed by atoms with E-state index in [-0.39, 0.29) is 28.8 Å². The maximum atomic E-state index is 12.7. The van der Waals surface area contributed by atoms with Crippen molar-refractivity contribution in [3.63, 3.8) is 0 Å². The highest BCUT2D eigenvalue weighted by atomic mass is 16.6. The smallest absolute Gasteiger partial charge is 0.293 e. The van der Waals surface area contributed by atoms with Crippen molar-refractivity contribution in [1.29, 1.82) is 0 Å². The SMILES string of the molecule is Cn1ccnc1C(=O)c1ccc(N2CCCC(C(O)c3nccn3C)C2)c([N+](=O)[O-])c1. The van der Waals surface area contributed by atoms with Gasteiger partial charge in [0.05, 0.1) is 4.92 Å². The Balaban J connectivity index is 1.61. The van der Waals surface area contributed by atoms with E-state index in [0.717, 1.165) is 12.8 Å². The van der Waals surface area contributed by atoms with Gasteiger partial charge in [-0.05, 0) is 25.0 Å². The van der Waals surface area contributed by atoms with Gasteiger partial charge in [0, 0.05) is 69.5 Å². The van der Waals surface area contributed by atoms with E-state index >= 15 is 0 Å². The summed E-state index contributed by atoms with van der Waals surface area (Å²) in [5, 5.41) is 22.6. The molecule has 1 aliphatic heterocycles. The van der Waals surface area contributed by atoms with E-state index in [0.29, 0.717) is 24.6 Å². The molecule has 1 aromatic carbocycles. The number of nitro benzene ring substituents is 1. The van der Waals surface area contributed by atoms with Gasteiger partial charge in [0.25, 0.3) is 5.69 Å². The minimum atomic E-state index is -0.758. The molecule has 1 saturated heterocycles. The number of hydrogen-bond donors (Lipinski definition) is 1. The van der Waals surface area contributed by atoms with Crippen molar-refractivity contribution in [2.45, 2.75) is 18.9 Å². The van der Waals surface area contributed by atoms with Gasteiger partial charge >= 0.3 is 0 Å². The lowest BCUT2D eigenvalue weighted by Crippen LogP contribution is -2.38. The van der Waals surface area contributed by atoms with E-state index in [2.05, 4.69) is 9.97 Å². The number of hydrogen-bond acceptors (Lipinski definition) is 7. The zero-order valence-electron chi connectivity index (χ0n) is 17.4. The van der Waals surface area contributed by atoms with Crippen molar-refractivity contribution in [3.05, 3.63) is 70.3 Å². The first-order chi connectivity index (χ1) is 14.9. The quantitative estimate of drug-likeness (QED) is 0.366. The standard InChI is InChI=1S/C21H24N6O4/c1-24-10-7-22-20(24)18(28)14-5-6-16(17(12-14)27(30)31)26-9-3-4-15(13-26)19(29)21-23-8-11-25(21)2/h5-8,10-12,15,19,29H,3-4,9,13H2,1-2H3. The Hall–Kier alpha value is -3.53. The number of aliphatic hydroxyl groups is 1. The number of nitrogens with zero attached hydrogens (tertiary/aromatic N) is 6. The van der Waals surface area contributed by atoms with Gasteiger partial charge in [0.1, 0.15) is 17.6 Å². The fourth-order valence-electron chi connectivity index (χ4n) is 4.15. The Kier molecular flexibility index (Phi) is 5.55. The lowest BCUT2D eigenvalue weighted by Gasteiger charge is -2.36. The summed E-state index contributed by atoms with van der Waals surface area (Å²) >= 11 is 0. The number of anilines is 1. The second-order valence-electron chi connectivity index (χ2n) is 7.84. The van der Waals surface area contributed by atoms with Gasteiger partial charge in [-0.1, -0.05) is 0 Å². The molecule has 0 spiro atoms. The Morgan fingerprint density at radius 1 is 1.23 bits per heavy atom. The molecule has 2 unspecified atom stereocenters. The van der Waals surface area contributed by atoms with Crippen LogP contribution < -0.4 is 4.90 Å². The van der Waals surface area contributed by atoms with Crippen molar-refractivity contribution in [3.8, 4) is 0 Å². The molecule has 2 aromatic heterocycles. The second kappa shape index (κ2) is 8.31. The van der Waals surface area contributed by atoms with Crippen LogP contribution in [0.3, 0.4) is 0 Å². The third-order valence-corrected chi connectivity index (χ3v) is 5.83. The van der Waals surface area contributed by atoms with Crippen LogP contribution >= 0.6 is 0 Å². The molecule has 3 heterocycles. The summed E-state index contributed by atoms with van der Waals surface area (Å²) < 4.78 is 3.36. The number of aromatic nitrogens is 4. The molecule has 0 amide bonds. The molecule has 4 rings (SSSR count). The molecule has 0 aliphatic carbocycles. The van der Waals surface area contributed by atoms with Gasteiger partial charge in [-0.3, -0.25) is 14.9 Å². The Labute approximate surface area is 178 Å². The third kappa shape index (κ3) is 3.93. The normalized spacial score (nSPS) is 17.5. The van der Waals surface area contributed by atoms with Gasteiger partial charge in [-0.25, -0.2) is 9.97 Å². The molecule has 0 radical (unpaired) electrons. The van der Waals surface area contributed by atoms with E-state index < -0.39 is 11.0 Å². The van der Waals surface area contributed by atoms with Gasteiger partial charge < -0.3 is 19.1 Å². The number of ketones is 1. The average Bonchev–Trinajstić information content (AvgIpc) is 3.40. The predicted octanol–water partition coefficient (Wildman–Crippen LogP) is 2.24. The Morgan fingerprint density at radius 3 is 2.61 bits per heavy atom. The zero-order valence-corrected chi connectivity index (χ0v) is 17.4. The lowest BCUT2D eigenvalue weighted by atomic mass is 9.91. The van der Waals surface area contributed by atoms with Crippen molar-refractivity contribution in [2.75, 3.05) is 18.0 Å². The molecular weight excluding hydrogens is 400 g/mol. The molecule has 10 heteroatoms. The first-order valence-corrected chi connectivity index (χ1v) is 10.1. The number of carbonyl (C=O) groups excluding carboxylic acids is 1. The summed E-state index contributed by atoms with van der Waals surface area (Å²) in [5.41, 5.74) is 0.525. The van der Waals surface area contributed by atoms with Crippen LogP contribution in [-0.2, 0) is 14.1 Å². The van der Waals surface area contributed by atoms with E-state index in [1.165, 1.54) is 12.3 Å². The van der Waals surface area contributed by atoms with Crippen LogP contribution in [0.2, 0.25) is 0 Å². The van der Waals surface area contributed by atoms with Crippen LogP contribution in [0.4, 0.5) is 11.4 Å². The van der Waals surface area contributed by atoms with Crippen LogP contribution in [0.25, 0.3) is 0 Å². The van der Waals surface area contributed by atoms with Crippen molar-refractivity contribution in [2.24, 2.45) is 20.0 Å². The largest absolute Gasteiger partial charge is 0.385 e. The summed E-state index contributed by atoms with van der Waals surface area (Å²) in [6.45, 7) is 1.10. The van der Waals surface area contributed by atoms with Gasteiger partial charge in [-0.15, -0.1) is 0 Å². The summed E-state index contributed by atoms with van der Waals surface area (Å²) in [7, 11) is 3.53. The van der Waals surface area contributed by atoms with Gasteiger partial charge in [0.15, 0.2) is 5.82 Å². The molecule has 31 heavy (non-hydrogen) atoms. The number of carbonyl (C=O) groups is 1. The van der Waals surface area contributed by atoms with Crippen LogP contribution in [-0.4, -0.2) is 48.0 Å². The van der Waals surface area contributed by atoms with E-state index in [4.69, 9.17) is 0 Å². The maximum Gasteiger partial charge on any atom is 0.293 e. The molecule has 3 aromatic rings. The van der Waals surface area contributed by atoms with Crippen LogP contribution in [0, 0.1) is 16.0 Å². The number of benzene rings is 1. The number of nitro groups is 1. The van der Waals surface area contributed by atoms with Crippen molar-refractivity contribution in [1.82, 2.24) is 19.1 Å². The van der Waals surface area contributed by atoms with Crippen molar-refractivity contribution < 1.29 is 14.8 Å². The second-order valence-corrected chi connectivity index (χ2v) is 7.84. The number of aryl methyl sites for hydroxylation is 2. The van der Waals surface area contributed by atoms with E-state index in [9.17, 15) is 20.0 Å². The fraction of sp³-hybridized carbons (Fsp3) is 0.381. The Bertz CT molecular complexity index is 1120. The molecule has 1 aliphatic rings. The molecule has 1 N–H and O–H groups in total. The van der Waals surface area contributed by atoms with Gasteiger partial charge in [0.2, 0.25) is 5.78 Å². The third-order valence-electron chi connectivity index (χ3n) is 5.83. The summed E-state index contributed by atoms with van der Waals surface area (Å²) in [5.74, 6) is 0.322. The molecular formula is C21H24N6O4. The molecule has 1 fully saturated rings. The number of imidazole rings is 2. The average molecular weight is 424 g/mol. The summed E-state index contributed by atoms with van der Waals surface area (Å²) in [6.07, 6.45) is 7.41.